The molecule has 0 aromatic heterocycles. The Morgan fingerprint density at radius 1 is 0.833 bits per heavy atom. The van der Waals surface area contributed by atoms with Gasteiger partial charge in [-0.15, -0.1) is 0 Å². The molecule has 0 atom stereocenters. The van der Waals surface area contributed by atoms with Gasteiger partial charge in [-0.1, -0.05) is 42.5 Å². The van der Waals surface area contributed by atoms with Crippen molar-refractivity contribution in [1.82, 2.24) is 0 Å². The number of carboxylic acid groups (broad SMARTS) is 1. The van der Waals surface area contributed by atoms with E-state index in [-0.39, 0.29) is 17.2 Å². The molecule has 0 aliphatic carbocycles. The van der Waals surface area contributed by atoms with Crippen LogP contribution in [-0.4, -0.2) is 30.2 Å². The molecule has 0 fully saturated rings. The average Bonchev–Trinajstić information content (AvgIpc) is 2.78. The molecule has 0 radical (unpaired) electrons. The third-order valence-electron chi connectivity index (χ3n) is 4.59. The molecule has 0 bridgehead atoms. The maximum atomic E-state index is 12.5. The second-order valence-electron chi connectivity index (χ2n) is 6.67. The number of hydrogen-bond donors (Lipinski definition) is 2. The molecule has 3 aromatic rings. The molecule has 0 saturated heterocycles. The highest BCUT2D eigenvalue weighted by Crippen LogP contribution is 2.31. The number of carbonyl (C=O) groups is 2. The number of anilines is 1. The molecule has 1 amide bonds. The molecule has 0 spiro atoms. The monoisotopic (exact) mass is 401 g/mol. The van der Waals surface area contributed by atoms with Crippen LogP contribution in [-0.2, 0) is 0 Å². The molecule has 150 valence electrons. The molecule has 1 aliphatic heterocycles. The first-order valence-electron chi connectivity index (χ1n) is 9.41. The molecular formula is C24H19NO5. The summed E-state index contributed by atoms with van der Waals surface area (Å²) in [6.07, 6.45) is 3.73. The number of carbonyl (C=O) groups excluding carboxylic acids is 1. The zero-order valence-electron chi connectivity index (χ0n) is 16.0. The first kappa shape index (κ1) is 19.3. The van der Waals surface area contributed by atoms with Crippen LogP contribution in [0.1, 0.15) is 31.8 Å². The SMILES string of the molecule is O=C(Nc1cc(C=Cc2ccc3c(c2)OCCO3)ccc1C(=O)O)c1ccccc1. The van der Waals surface area contributed by atoms with Gasteiger partial charge in [-0.05, 0) is 47.5 Å². The van der Waals surface area contributed by atoms with Crippen molar-refractivity contribution in [2.24, 2.45) is 0 Å². The second kappa shape index (κ2) is 8.53. The normalized spacial score (nSPS) is 12.5. The van der Waals surface area contributed by atoms with Crippen LogP contribution >= 0.6 is 0 Å². The van der Waals surface area contributed by atoms with Gasteiger partial charge >= 0.3 is 5.97 Å². The van der Waals surface area contributed by atoms with Crippen LogP contribution in [0.5, 0.6) is 11.5 Å². The Balaban J connectivity index is 1.58. The lowest BCUT2D eigenvalue weighted by molar-refractivity contribution is 0.0698. The Labute approximate surface area is 173 Å². The fraction of sp³-hybridized carbons (Fsp3) is 0.0833. The lowest BCUT2D eigenvalue weighted by Crippen LogP contribution is -2.15. The third-order valence-corrected chi connectivity index (χ3v) is 4.59. The highest BCUT2D eigenvalue weighted by molar-refractivity contribution is 6.08. The van der Waals surface area contributed by atoms with Gasteiger partial charge < -0.3 is 19.9 Å². The van der Waals surface area contributed by atoms with E-state index in [2.05, 4.69) is 5.32 Å². The first-order chi connectivity index (χ1) is 14.6. The van der Waals surface area contributed by atoms with Gasteiger partial charge in [-0.3, -0.25) is 4.79 Å². The summed E-state index contributed by atoms with van der Waals surface area (Å²) in [5, 5.41) is 12.2. The fourth-order valence-electron chi connectivity index (χ4n) is 3.10. The predicted molar refractivity (Wildman–Crippen MR) is 114 cm³/mol. The Bertz CT molecular complexity index is 1120. The Morgan fingerprint density at radius 3 is 2.23 bits per heavy atom. The molecule has 4 rings (SSSR count). The smallest absolute Gasteiger partial charge is 0.337 e. The topological polar surface area (TPSA) is 84.9 Å². The quantitative estimate of drug-likeness (QED) is 0.612. The fourth-order valence-corrected chi connectivity index (χ4v) is 3.10. The van der Waals surface area contributed by atoms with Gasteiger partial charge in [-0.25, -0.2) is 4.79 Å². The molecule has 2 N–H and O–H groups in total. The van der Waals surface area contributed by atoms with Gasteiger partial charge in [0.05, 0.1) is 11.3 Å². The van der Waals surface area contributed by atoms with Gasteiger partial charge in [-0.2, -0.15) is 0 Å². The van der Waals surface area contributed by atoms with Crippen molar-refractivity contribution in [2.75, 3.05) is 18.5 Å². The summed E-state index contributed by atoms with van der Waals surface area (Å²) < 4.78 is 11.1. The number of aromatic carboxylic acids is 1. The Morgan fingerprint density at radius 2 is 1.50 bits per heavy atom. The Kier molecular flexibility index (Phi) is 5.48. The van der Waals surface area contributed by atoms with Crippen LogP contribution in [0.25, 0.3) is 12.2 Å². The molecule has 1 heterocycles. The van der Waals surface area contributed by atoms with Crippen molar-refractivity contribution in [3.63, 3.8) is 0 Å². The summed E-state index contributed by atoms with van der Waals surface area (Å²) in [5.74, 6) is -0.0673. The molecular weight excluding hydrogens is 382 g/mol. The van der Waals surface area contributed by atoms with Crippen molar-refractivity contribution >= 4 is 29.7 Å². The van der Waals surface area contributed by atoms with Crippen LogP contribution < -0.4 is 14.8 Å². The van der Waals surface area contributed by atoms with Crippen LogP contribution in [0, 0.1) is 0 Å². The summed E-state index contributed by atoms with van der Waals surface area (Å²) in [6, 6.07) is 19.1. The van der Waals surface area contributed by atoms with E-state index in [1.54, 1.807) is 36.4 Å². The predicted octanol–water partition coefficient (Wildman–Crippen LogP) is 4.58. The van der Waals surface area contributed by atoms with Gasteiger partial charge in [0.2, 0.25) is 0 Å². The Hall–Kier alpha value is -4.06. The van der Waals surface area contributed by atoms with Crippen LogP contribution in [0.4, 0.5) is 5.69 Å². The van der Waals surface area contributed by atoms with E-state index in [0.29, 0.717) is 24.5 Å². The highest BCUT2D eigenvalue weighted by atomic mass is 16.6. The van der Waals surface area contributed by atoms with E-state index >= 15 is 0 Å². The zero-order valence-corrected chi connectivity index (χ0v) is 16.0. The van der Waals surface area contributed by atoms with E-state index in [0.717, 1.165) is 16.9 Å². The van der Waals surface area contributed by atoms with Crippen molar-refractivity contribution < 1.29 is 24.2 Å². The number of amides is 1. The first-order valence-corrected chi connectivity index (χ1v) is 9.41. The van der Waals surface area contributed by atoms with Crippen LogP contribution in [0.15, 0.2) is 66.7 Å². The lowest BCUT2D eigenvalue weighted by Gasteiger charge is -2.18. The number of benzene rings is 3. The summed E-state index contributed by atoms with van der Waals surface area (Å²) in [6.45, 7) is 1.05. The van der Waals surface area contributed by atoms with Crippen LogP contribution in [0.2, 0.25) is 0 Å². The van der Waals surface area contributed by atoms with Crippen molar-refractivity contribution in [2.45, 2.75) is 0 Å². The van der Waals surface area contributed by atoms with Crippen LogP contribution in [0.3, 0.4) is 0 Å². The molecule has 0 saturated carbocycles. The minimum Gasteiger partial charge on any atom is -0.486 e. The van der Waals surface area contributed by atoms with E-state index in [9.17, 15) is 14.7 Å². The number of carboxylic acids is 1. The van der Waals surface area contributed by atoms with Crippen molar-refractivity contribution in [3.05, 3.63) is 89.0 Å². The summed E-state index contributed by atoms with van der Waals surface area (Å²) in [4.78, 5) is 24.0. The standard InChI is InChI=1S/C24H19NO5/c26-23(18-4-2-1-3-5-18)25-20-14-16(8-10-19(20)24(27)28)6-7-17-9-11-21-22(15-17)30-13-12-29-21/h1-11,14-15H,12-13H2,(H,25,26)(H,27,28). The largest absolute Gasteiger partial charge is 0.486 e. The average molecular weight is 401 g/mol. The van der Waals surface area contributed by atoms with Crippen molar-refractivity contribution in [1.29, 1.82) is 0 Å². The molecule has 0 unspecified atom stereocenters. The lowest BCUT2D eigenvalue weighted by atomic mass is 10.1. The van der Waals surface area contributed by atoms with Gasteiger partial charge in [0, 0.05) is 5.56 Å². The maximum Gasteiger partial charge on any atom is 0.337 e. The zero-order chi connectivity index (χ0) is 20.9. The number of ether oxygens (including phenoxy) is 2. The summed E-state index contributed by atoms with van der Waals surface area (Å²) in [5.41, 5.74) is 2.37. The molecule has 6 nitrogen and oxygen atoms in total. The highest BCUT2D eigenvalue weighted by Gasteiger charge is 2.14. The van der Waals surface area contributed by atoms with Gasteiger partial charge in [0.1, 0.15) is 13.2 Å². The van der Waals surface area contributed by atoms with E-state index in [4.69, 9.17) is 9.47 Å². The second-order valence-corrected chi connectivity index (χ2v) is 6.67. The van der Waals surface area contributed by atoms with Gasteiger partial charge in [0.25, 0.3) is 5.91 Å². The maximum absolute atomic E-state index is 12.5. The summed E-state index contributed by atoms with van der Waals surface area (Å²) in [7, 11) is 0. The molecule has 6 heteroatoms. The van der Waals surface area contributed by atoms with E-state index in [1.807, 2.05) is 36.4 Å². The summed E-state index contributed by atoms with van der Waals surface area (Å²) >= 11 is 0. The number of nitrogens with one attached hydrogen (secondary N) is 1. The number of fused-ring (bicyclic) bond motifs is 1. The number of rotatable bonds is 5. The van der Waals surface area contributed by atoms with Gasteiger partial charge in [0.15, 0.2) is 11.5 Å². The minimum atomic E-state index is -1.11. The third kappa shape index (κ3) is 4.33. The van der Waals surface area contributed by atoms with E-state index in [1.165, 1.54) is 6.07 Å². The molecule has 30 heavy (non-hydrogen) atoms. The molecule has 3 aromatic carbocycles. The minimum absolute atomic E-state index is 0.0239. The molecule has 1 aliphatic rings. The van der Waals surface area contributed by atoms with Crippen molar-refractivity contribution in [3.8, 4) is 11.5 Å². The number of hydrogen-bond acceptors (Lipinski definition) is 4. The van der Waals surface area contributed by atoms with E-state index < -0.39 is 5.97 Å².